The first-order valence-corrected chi connectivity index (χ1v) is 10.4. The summed E-state index contributed by atoms with van der Waals surface area (Å²) < 4.78 is 6.32. The van der Waals surface area contributed by atoms with Crippen molar-refractivity contribution in [3.05, 3.63) is 35.9 Å². The molecule has 110 valence electrons. The molecule has 0 aromatic heterocycles. The van der Waals surface area contributed by atoms with Crippen LogP contribution in [0.2, 0.25) is 18.1 Å². The predicted octanol–water partition coefficient (Wildman–Crippen LogP) is 4.52. The molecule has 0 saturated heterocycles. The van der Waals surface area contributed by atoms with E-state index in [0.29, 0.717) is 12.3 Å². The molecule has 1 aliphatic rings. The summed E-state index contributed by atoms with van der Waals surface area (Å²) in [5.74, 6) is 0.613. The summed E-state index contributed by atoms with van der Waals surface area (Å²) in [6.45, 7) is 11.1. The van der Waals surface area contributed by atoms with Crippen molar-refractivity contribution in [2.24, 2.45) is 0 Å². The second-order valence-electron chi connectivity index (χ2n) is 7.38. The maximum Gasteiger partial charge on any atom is 0.193 e. The first-order valence-electron chi connectivity index (χ1n) is 7.46. The Morgan fingerprint density at radius 3 is 2.30 bits per heavy atom. The van der Waals surface area contributed by atoms with E-state index >= 15 is 0 Å². The second kappa shape index (κ2) is 5.45. The van der Waals surface area contributed by atoms with E-state index in [1.165, 1.54) is 5.56 Å². The first kappa shape index (κ1) is 15.5. The highest BCUT2D eigenvalue weighted by molar-refractivity contribution is 6.74. The Balaban J connectivity index is 2.07. The lowest BCUT2D eigenvalue weighted by atomic mass is 9.98. The Bertz CT molecular complexity index is 474. The monoisotopic (exact) mass is 290 g/mol. The van der Waals surface area contributed by atoms with Crippen molar-refractivity contribution in [1.29, 1.82) is 0 Å². The molecule has 1 aliphatic carbocycles. The molecule has 0 aliphatic heterocycles. The fraction of sp³-hybridized carbons (Fsp3) is 0.588. The number of Topliss-reactive ketones (excluding diaryl/α,β-unsaturated/α-hetero) is 1. The van der Waals surface area contributed by atoms with Crippen molar-refractivity contribution in [3.63, 3.8) is 0 Å². The topological polar surface area (TPSA) is 26.3 Å². The van der Waals surface area contributed by atoms with Gasteiger partial charge in [0.25, 0.3) is 0 Å². The van der Waals surface area contributed by atoms with Crippen LogP contribution in [-0.2, 0) is 9.22 Å². The molecule has 3 heteroatoms. The Labute approximate surface area is 123 Å². The fourth-order valence-electron chi connectivity index (χ4n) is 2.47. The zero-order valence-electron chi connectivity index (χ0n) is 13.3. The van der Waals surface area contributed by atoms with Gasteiger partial charge in [0, 0.05) is 6.42 Å². The van der Waals surface area contributed by atoms with Crippen LogP contribution in [0.15, 0.2) is 30.3 Å². The lowest BCUT2D eigenvalue weighted by Crippen LogP contribution is -2.44. The van der Waals surface area contributed by atoms with Gasteiger partial charge in [0.1, 0.15) is 6.10 Å². The lowest BCUT2D eigenvalue weighted by molar-refractivity contribution is -0.123. The van der Waals surface area contributed by atoms with Gasteiger partial charge in [-0.1, -0.05) is 51.1 Å². The smallest absolute Gasteiger partial charge is 0.193 e. The van der Waals surface area contributed by atoms with Crippen LogP contribution in [0.5, 0.6) is 0 Å². The van der Waals surface area contributed by atoms with E-state index in [1.54, 1.807) is 0 Å². The standard InChI is InChI=1S/C17H26O2Si/c1-17(2,3)20(4,5)19-16-12-14(11-15(16)18)13-9-7-6-8-10-13/h6-10,14,16H,11-12H2,1-5H3/t14?,16-/m1/s1. The Kier molecular flexibility index (Phi) is 4.21. The average Bonchev–Trinajstić information content (AvgIpc) is 2.70. The van der Waals surface area contributed by atoms with Gasteiger partial charge in [-0.15, -0.1) is 0 Å². The number of rotatable bonds is 3. The van der Waals surface area contributed by atoms with Gasteiger partial charge < -0.3 is 4.43 Å². The molecule has 0 bridgehead atoms. The second-order valence-corrected chi connectivity index (χ2v) is 12.1. The van der Waals surface area contributed by atoms with Crippen LogP contribution in [0.1, 0.15) is 45.1 Å². The van der Waals surface area contributed by atoms with Crippen LogP contribution in [0.25, 0.3) is 0 Å². The third-order valence-electron chi connectivity index (χ3n) is 4.82. The molecule has 2 atom stereocenters. The van der Waals surface area contributed by atoms with Crippen molar-refractivity contribution < 1.29 is 9.22 Å². The Morgan fingerprint density at radius 2 is 1.75 bits per heavy atom. The summed E-state index contributed by atoms with van der Waals surface area (Å²) >= 11 is 0. The molecule has 20 heavy (non-hydrogen) atoms. The van der Waals surface area contributed by atoms with Crippen LogP contribution in [0, 0.1) is 0 Å². The summed E-state index contributed by atoms with van der Waals surface area (Å²) in [4.78, 5) is 12.3. The van der Waals surface area contributed by atoms with Gasteiger partial charge in [0.2, 0.25) is 0 Å². The zero-order valence-corrected chi connectivity index (χ0v) is 14.3. The minimum Gasteiger partial charge on any atom is -0.407 e. The van der Waals surface area contributed by atoms with Crippen molar-refractivity contribution in [1.82, 2.24) is 0 Å². The minimum absolute atomic E-state index is 0.151. The van der Waals surface area contributed by atoms with E-state index in [1.807, 2.05) is 18.2 Å². The number of carbonyl (C=O) groups is 1. The molecule has 1 saturated carbocycles. The quantitative estimate of drug-likeness (QED) is 0.765. The van der Waals surface area contributed by atoms with Crippen LogP contribution in [-0.4, -0.2) is 20.2 Å². The summed E-state index contributed by atoms with van der Waals surface area (Å²) in [6, 6.07) is 10.3. The number of hydrogen-bond donors (Lipinski definition) is 0. The number of benzene rings is 1. The lowest BCUT2D eigenvalue weighted by Gasteiger charge is -2.38. The van der Waals surface area contributed by atoms with E-state index in [-0.39, 0.29) is 16.9 Å². The largest absolute Gasteiger partial charge is 0.407 e. The molecule has 0 amide bonds. The van der Waals surface area contributed by atoms with Gasteiger partial charge in [-0.25, -0.2) is 0 Å². The van der Waals surface area contributed by atoms with Crippen molar-refractivity contribution in [2.75, 3.05) is 0 Å². The summed E-state index contributed by atoms with van der Waals surface area (Å²) in [5, 5.41) is 0.151. The molecule has 2 rings (SSSR count). The van der Waals surface area contributed by atoms with E-state index in [2.05, 4.69) is 46.0 Å². The van der Waals surface area contributed by atoms with Crippen LogP contribution >= 0.6 is 0 Å². The van der Waals surface area contributed by atoms with Gasteiger partial charge in [-0.2, -0.15) is 0 Å². The number of carbonyl (C=O) groups excluding carboxylic acids is 1. The highest BCUT2D eigenvalue weighted by atomic mass is 28.4. The molecule has 1 unspecified atom stereocenters. The summed E-state index contributed by atoms with van der Waals surface area (Å²) in [5.41, 5.74) is 1.27. The first-order chi connectivity index (χ1) is 9.21. The van der Waals surface area contributed by atoms with Crippen molar-refractivity contribution in [2.45, 2.75) is 63.8 Å². The Hall–Kier alpha value is -0.933. The molecule has 2 nitrogen and oxygen atoms in total. The summed E-state index contributed by atoms with van der Waals surface area (Å²) in [6.07, 6.45) is 1.28. The minimum atomic E-state index is -1.86. The average molecular weight is 290 g/mol. The molecular formula is C17H26O2Si. The molecule has 1 fully saturated rings. The van der Waals surface area contributed by atoms with Gasteiger partial charge in [-0.05, 0) is 36.0 Å². The molecule has 0 spiro atoms. The normalized spacial score (nSPS) is 24.1. The van der Waals surface area contributed by atoms with E-state index in [4.69, 9.17) is 4.43 Å². The third-order valence-corrected chi connectivity index (χ3v) is 9.31. The van der Waals surface area contributed by atoms with Crippen LogP contribution in [0.3, 0.4) is 0 Å². The molecule has 0 N–H and O–H groups in total. The van der Waals surface area contributed by atoms with E-state index in [0.717, 1.165) is 6.42 Å². The molecular weight excluding hydrogens is 264 g/mol. The highest BCUT2D eigenvalue weighted by Crippen LogP contribution is 2.41. The number of hydrogen-bond acceptors (Lipinski definition) is 2. The third kappa shape index (κ3) is 3.21. The van der Waals surface area contributed by atoms with Gasteiger partial charge in [-0.3, -0.25) is 4.79 Å². The molecule has 1 aromatic carbocycles. The van der Waals surface area contributed by atoms with Gasteiger partial charge in [0.15, 0.2) is 14.1 Å². The van der Waals surface area contributed by atoms with Crippen molar-refractivity contribution >= 4 is 14.1 Å². The van der Waals surface area contributed by atoms with E-state index < -0.39 is 8.32 Å². The van der Waals surface area contributed by atoms with Gasteiger partial charge >= 0.3 is 0 Å². The molecule has 0 radical (unpaired) electrons. The summed E-state index contributed by atoms with van der Waals surface area (Å²) in [7, 11) is -1.86. The molecule has 1 aromatic rings. The van der Waals surface area contributed by atoms with Crippen LogP contribution < -0.4 is 0 Å². The number of ketones is 1. The van der Waals surface area contributed by atoms with Gasteiger partial charge in [0.05, 0.1) is 0 Å². The van der Waals surface area contributed by atoms with Crippen molar-refractivity contribution in [3.8, 4) is 0 Å². The SMILES string of the molecule is CC(C)(C)[Si](C)(C)O[C@@H]1CC(c2ccccc2)CC1=O. The zero-order chi connectivity index (χ0) is 15.0. The molecule has 0 heterocycles. The maximum atomic E-state index is 12.3. The highest BCUT2D eigenvalue weighted by Gasteiger charge is 2.43. The maximum absolute atomic E-state index is 12.3. The fourth-order valence-corrected chi connectivity index (χ4v) is 3.77. The van der Waals surface area contributed by atoms with Crippen LogP contribution in [0.4, 0.5) is 0 Å². The Morgan fingerprint density at radius 1 is 1.15 bits per heavy atom. The predicted molar refractivity (Wildman–Crippen MR) is 85.5 cm³/mol. The van der Waals surface area contributed by atoms with E-state index in [9.17, 15) is 4.79 Å².